The van der Waals surface area contributed by atoms with Gasteiger partial charge in [0.15, 0.2) is 11.4 Å². The van der Waals surface area contributed by atoms with Crippen LogP contribution in [0.15, 0.2) is 102 Å². The molecule has 1 aromatic heterocycles. The molecule has 1 amide bonds. The Morgan fingerprint density at radius 2 is 1.55 bits per heavy atom. The summed E-state index contributed by atoms with van der Waals surface area (Å²) in [6.45, 7) is 4.08. The third-order valence-electron chi connectivity index (χ3n) is 7.11. The number of carbonyl (C=O) groups excluding carboxylic acids is 1. The molecule has 206 valence electrons. The van der Waals surface area contributed by atoms with E-state index in [9.17, 15) is 14.7 Å². The van der Waals surface area contributed by atoms with Crippen molar-refractivity contribution >= 4 is 21.8 Å². The molecule has 0 saturated heterocycles. The third kappa shape index (κ3) is 5.23. The second-order valence-corrected chi connectivity index (χ2v) is 10.8. The second-order valence-electron chi connectivity index (χ2n) is 9.99. The molecule has 1 aliphatic rings. The first-order valence-corrected chi connectivity index (χ1v) is 14.5. The highest BCUT2D eigenvalue weighted by Gasteiger charge is 2.44. The fraction of sp³-hybridized carbons (Fsp3) is 0.250. The van der Waals surface area contributed by atoms with Crippen molar-refractivity contribution in [3.63, 3.8) is 0 Å². The van der Waals surface area contributed by atoms with E-state index in [1.165, 1.54) is 6.07 Å². The Hall–Kier alpha value is -4.04. The van der Waals surface area contributed by atoms with Crippen molar-refractivity contribution in [2.45, 2.75) is 45.1 Å². The Kier molecular flexibility index (Phi) is 8.26. The Labute approximate surface area is 242 Å². The molecule has 4 aromatic rings. The van der Waals surface area contributed by atoms with Crippen LogP contribution in [0, 0.1) is 0 Å². The van der Waals surface area contributed by atoms with Crippen molar-refractivity contribution in [1.29, 1.82) is 0 Å². The van der Waals surface area contributed by atoms with E-state index in [4.69, 9.17) is 4.74 Å². The number of nitrogens with zero attached hydrogens (tertiary/aromatic N) is 3. The summed E-state index contributed by atoms with van der Waals surface area (Å²) in [4.78, 5) is 29.3. The quantitative estimate of drug-likeness (QED) is 0.244. The molecule has 0 unspecified atom stereocenters. The Balaban J connectivity index is 1.76. The maximum absolute atomic E-state index is 14.2. The van der Waals surface area contributed by atoms with E-state index < -0.39 is 12.2 Å². The van der Waals surface area contributed by atoms with Crippen molar-refractivity contribution in [2.24, 2.45) is 0 Å². The van der Waals surface area contributed by atoms with Crippen LogP contribution in [0.2, 0.25) is 0 Å². The number of para-hydroxylation sites is 1. The van der Waals surface area contributed by atoms with Crippen molar-refractivity contribution in [3.05, 3.63) is 130 Å². The first kappa shape index (κ1) is 27.5. The number of fused-ring (bicyclic) bond motifs is 1. The van der Waals surface area contributed by atoms with Crippen LogP contribution in [0.3, 0.4) is 0 Å². The lowest BCUT2D eigenvalue weighted by Gasteiger charge is -2.51. The number of hydrogen-bond acceptors (Lipinski definition) is 5. The molecule has 1 N–H and O–H groups in total. The summed E-state index contributed by atoms with van der Waals surface area (Å²) >= 11 is 3.60. The number of rotatable bonds is 9. The van der Waals surface area contributed by atoms with Crippen LogP contribution in [-0.2, 0) is 6.61 Å². The number of aromatic nitrogens is 1. The molecule has 0 fully saturated rings. The smallest absolute Gasteiger partial charge is 0.278 e. The van der Waals surface area contributed by atoms with Crippen LogP contribution in [0.5, 0.6) is 11.5 Å². The average molecular weight is 603 g/mol. The molecule has 0 radical (unpaired) electrons. The maximum atomic E-state index is 14.2. The predicted molar refractivity (Wildman–Crippen MR) is 160 cm³/mol. The Morgan fingerprint density at radius 3 is 2.20 bits per heavy atom. The fourth-order valence-corrected chi connectivity index (χ4v) is 5.78. The van der Waals surface area contributed by atoms with Crippen molar-refractivity contribution in [3.8, 4) is 11.5 Å². The van der Waals surface area contributed by atoms with Gasteiger partial charge in [0.2, 0.25) is 5.43 Å². The van der Waals surface area contributed by atoms with E-state index in [2.05, 4.69) is 20.9 Å². The molecular weight excluding hydrogens is 570 g/mol. The summed E-state index contributed by atoms with van der Waals surface area (Å²) in [6.07, 6.45) is 1.85. The van der Waals surface area contributed by atoms with Gasteiger partial charge in [0.05, 0.1) is 0 Å². The molecular formula is C32H32BrN3O4. The summed E-state index contributed by atoms with van der Waals surface area (Å²) in [5, 5.41) is 13.8. The van der Waals surface area contributed by atoms with E-state index in [-0.39, 0.29) is 41.2 Å². The van der Waals surface area contributed by atoms with Crippen molar-refractivity contribution in [1.82, 2.24) is 9.58 Å². The summed E-state index contributed by atoms with van der Waals surface area (Å²) < 4.78 is 7.86. The Bertz CT molecular complexity index is 1520. The number of pyridine rings is 1. The minimum atomic E-state index is -0.482. The summed E-state index contributed by atoms with van der Waals surface area (Å²) in [6, 6.07) is 27.4. The van der Waals surface area contributed by atoms with Crippen molar-refractivity contribution < 1.29 is 14.6 Å². The highest BCUT2D eigenvalue weighted by molar-refractivity contribution is 9.09. The first-order chi connectivity index (χ1) is 19.4. The topological polar surface area (TPSA) is 75.0 Å². The molecule has 5 rings (SSSR count). The minimum Gasteiger partial charge on any atom is -0.508 e. The van der Waals surface area contributed by atoms with Gasteiger partial charge in [-0.1, -0.05) is 94.8 Å². The SMILES string of the molecule is CC(C)N1C(=O)c2c(OCc3ccccc3)c(=O)ccn2N([C@H](c2ccccc2)c2ccccc2O)[C@H]1CCBr. The molecule has 0 spiro atoms. The lowest BCUT2D eigenvalue weighted by atomic mass is 9.95. The maximum Gasteiger partial charge on any atom is 0.278 e. The number of amides is 1. The molecule has 3 aromatic carbocycles. The average Bonchev–Trinajstić information content (AvgIpc) is 2.96. The molecule has 0 bridgehead atoms. The van der Waals surface area contributed by atoms with Crippen LogP contribution >= 0.6 is 15.9 Å². The molecule has 2 heterocycles. The zero-order valence-electron chi connectivity index (χ0n) is 22.5. The van der Waals surface area contributed by atoms with Gasteiger partial charge < -0.3 is 14.7 Å². The van der Waals surface area contributed by atoms with Crippen LogP contribution in [-0.4, -0.2) is 38.1 Å². The van der Waals surface area contributed by atoms with Crippen LogP contribution in [0.25, 0.3) is 0 Å². The molecule has 7 nitrogen and oxygen atoms in total. The zero-order chi connectivity index (χ0) is 28.2. The van der Waals surface area contributed by atoms with Crippen LogP contribution < -0.4 is 15.2 Å². The molecule has 2 atom stereocenters. The normalized spacial score (nSPS) is 15.7. The monoisotopic (exact) mass is 601 g/mol. The van der Waals surface area contributed by atoms with E-state index in [0.29, 0.717) is 17.3 Å². The molecule has 40 heavy (non-hydrogen) atoms. The zero-order valence-corrected chi connectivity index (χ0v) is 24.1. The standard InChI is InChI=1S/C32H32BrN3O4/c1-22(2)35-28(17-19-33)36(29(24-13-7-4-8-14-24)25-15-9-10-16-26(25)37)34-20-18-27(38)31(30(34)32(35)39)40-21-23-11-5-3-6-12-23/h3-16,18,20,22,28-29,37H,17,19,21H2,1-2H3/t28-,29+/m0/s1. The van der Waals surface area contributed by atoms with Crippen LogP contribution in [0.1, 0.15) is 53.5 Å². The highest BCUT2D eigenvalue weighted by atomic mass is 79.9. The van der Waals surface area contributed by atoms with Crippen molar-refractivity contribution in [2.75, 3.05) is 10.3 Å². The van der Waals surface area contributed by atoms with E-state index >= 15 is 0 Å². The van der Waals surface area contributed by atoms with E-state index in [0.717, 1.165) is 11.1 Å². The van der Waals surface area contributed by atoms with Gasteiger partial charge in [-0.3, -0.25) is 19.3 Å². The molecule has 0 aliphatic carbocycles. The summed E-state index contributed by atoms with van der Waals surface area (Å²) in [5.41, 5.74) is 2.30. The number of alkyl halides is 1. The molecule has 0 saturated carbocycles. The number of aromatic hydroxyl groups is 1. The van der Waals surface area contributed by atoms with Gasteiger partial charge in [0.1, 0.15) is 24.6 Å². The number of halogens is 1. The number of hydrogen-bond donors (Lipinski definition) is 1. The van der Waals surface area contributed by atoms with Gasteiger partial charge in [-0.25, -0.2) is 0 Å². The van der Waals surface area contributed by atoms with Gasteiger partial charge in [0, 0.05) is 29.2 Å². The lowest BCUT2D eigenvalue weighted by Crippen LogP contribution is -2.64. The van der Waals surface area contributed by atoms with Gasteiger partial charge >= 0.3 is 0 Å². The number of ether oxygens (including phenoxy) is 1. The number of phenolic OH excluding ortho intramolecular Hbond substituents is 1. The summed E-state index contributed by atoms with van der Waals surface area (Å²) in [7, 11) is 0. The van der Waals surface area contributed by atoms with E-state index in [1.807, 2.05) is 86.6 Å². The molecule has 8 heteroatoms. The van der Waals surface area contributed by atoms with Gasteiger partial charge in [-0.2, -0.15) is 0 Å². The second kappa shape index (κ2) is 12.0. The van der Waals surface area contributed by atoms with Gasteiger partial charge in [-0.15, -0.1) is 0 Å². The number of benzene rings is 3. The third-order valence-corrected chi connectivity index (χ3v) is 7.57. The van der Waals surface area contributed by atoms with Gasteiger partial charge in [-0.05, 0) is 37.5 Å². The minimum absolute atomic E-state index is 0.00777. The lowest BCUT2D eigenvalue weighted by molar-refractivity contribution is 0.0456. The fourth-order valence-electron chi connectivity index (χ4n) is 5.37. The molecule has 1 aliphatic heterocycles. The van der Waals surface area contributed by atoms with Crippen LogP contribution in [0.4, 0.5) is 0 Å². The summed E-state index contributed by atoms with van der Waals surface area (Å²) in [5.74, 6) is -0.125. The highest BCUT2D eigenvalue weighted by Crippen LogP contribution is 2.39. The predicted octanol–water partition coefficient (Wildman–Crippen LogP) is 5.84. The van der Waals surface area contributed by atoms with E-state index in [1.54, 1.807) is 27.9 Å². The largest absolute Gasteiger partial charge is 0.508 e. The Morgan fingerprint density at radius 1 is 0.900 bits per heavy atom. The number of phenols is 1. The van der Waals surface area contributed by atoms with Gasteiger partial charge in [0.25, 0.3) is 5.91 Å². The first-order valence-electron chi connectivity index (χ1n) is 13.3. The number of carbonyl (C=O) groups is 1.